The average Bonchev–Trinajstić information content (AvgIpc) is 3.48. The van der Waals surface area contributed by atoms with Gasteiger partial charge in [0.15, 0.2) is 5.13 Å². The van der Waals surface area contributed by atoms with Gasteiger partial charge >= 0.3 is 0 Å². The van der Waals surface area contributed by atoms with Crippen molar-refractivity contribution in [1.29, 1.82) is 0 Å². The number of aliphatic hydroxyl groups is 2. The van der Waals surface area contributed by atoms with E-state index >= 15 is 0 Å². The molecule has 1 saturated carbocycles. The fourth-order valence-corrected chi connectivity index (χ4v) is 6.23. The Morgan fingerprint density at radius 2 is 1.76 bits per heavy atom. The van der Waals surface area contributed by atoms with E-state index in [9.17, 15) is 15.3 Å². The van der Waals surface area contributed by atoms with Crippen molar-refractivity contribution in [2.45, 2.75) is 103 Å². The molecule has 0 amide bonds. The summed E-state index contributed by atoms with van der Waals surface area (Å²) in [5.41, 5.74) is 0.850. The van der Waals surface area contributed by atoms with E-state index in [2.05, 4.69) is 16.9 Å². The molecule has 2 atom stereocenters. The van der Waals surface area contributed by atoms with Gasteiger partial charge in [-0.15, -0.1) is 0 Å². The van der Waals surface area contributed by atoms with Crippen LogP contribution in [0.3, 0.4) is 0 Å². The lowest BCUT2D eigenvalue weighted by molar-refractivity contribution is -0.0791. The number of aliphatic hydroxyl groups excluding tert-OH is 2. The second-order valence-electron chi connectivity index (χ2n) is 11.0. The number of aromatic nitrogens is 3. The monoisotopic (exact) mass is 492 g/mol. The molecule has 1 aliphatic carbocycles. The lowest BCUT2D eigenvalue weighted by Crippen LogP contribution is -2.51. The van der Waals surface area contributed by atoms with Crippen molar-refractivity contribution >= 4 is 16.5 Å². The molecule has 2 aromatic heterocycles. The molecule has 2 unspecified atom stereocenters. The van der Waals surface area contributed by atoms with Crippen molar-refractivity contribution in [2.24, 2.45) is 0 Å². The molecule has 190 valence electrons. The van der Waals surface area contributed by atoms with Crippen LogP contribution in [0.5, 0.6) is 11.8 Å². The molecule has 2 aliphatic rings. The van der Waals surface area contributed by atoms with E-state index in [4.69, 9.17) is 9.72 Å². The van der Waals surface area contributed by atoms with Gasteiger partial charge in [-0.3, -0.25) is 0 Å². The molecule has 0 spiro atoms. The topological polar surface area (TPSA) is 104 Å². The van der Waals surface area contributed by atoms with Crippen LogP contribution in [-0.4, -0.2) is 62.0 Å². The Hall–Kier alpha value is -1.84. The van der Waals surface area contributed by atoms with E-state index in [0.29, 0.717) is 18.1 Å². The highest BCUT2D eigenvalue weighted by molar-refractivity contribution is 7.16. The van der Waals surface area contributed by atoms with E-state index in [-0.39, 0.29) is 11.8 Å². The highest BCUT2D eigenvalue weighted by Crippen LogP contribution is 2.55. The Morgan fingerprint density at radius 1 is 1.12 bits per heavy atom. The number of rotatable bonds is 8. The third-order valence-corrected chi connectivity index (χ3v) is 8.14. The van der Waals surface area contributed by atoms with Gasteiger partial charge in [0, 0.05) is 24.6 Å². The Labute approximate surface area is 206 Å². The number of nitrogens with zero attached hydrogens (tertiary/aromatic N) is 4. The Kier molecular flexibility index (Phi) is 7.18. The summed E-state index contributed by atoms with van der Waals surface area (Å²) in [6.07, 6.45) is 2.50. The van der Waals surface area contributed by atoms with Gasteiger partial charge in [-0.25, -0.2) is 4.68 Å². The van der Waals surface area contributed by atoms with E-state index in [0.717, 1.165) is 54.5 Å². The van der Waals surface area contributed by atoms with Crippen LogP contribution in [0.15, 0.2) is 0 Å². The van der Waals surface area contributed by atoms with Crippen molar-refractivity contribution in [2.75, 3.05) is 24.6 Å². The maximum atomic E-state index is 11.4. The fraction of sp³-hybridized carbons (Fsp3) is 0.760. The predicted molar refractivity (Wildman–Crippen MR) is 134 cm³/mol. The smallest absolute Gasteiger partial charge is 0.230 e. The molecule has 0 bridgehead atoms. The quantitative estimate of drug-likeness (QED) is 0.472. The summed E-state index contributed by atoms with van der Waals surface area (Å²) in [6.45, 7) is 14.6. The van der Waals surface area contributed by atoms with Gasteiger partial charge in [-0.05, 0) is 46.0 Å². The lowest BCUT2D eigenvalue weighted by atomic mass is 9.64. The third-order valence-electron chi connectivity index (χ3n) is 6.94. The zero-order valence-corrected chi connectivity index (χ0v) is 22.1. The minimum absolute atomic E-state index is 0.0271. The van der Waals surface area contributed by atoms with Crippen LogP contribution in [0.2, 0.25) is 0 Å². The van der Waals surface area contributed by atoms with Gasteiger partial charge in [-0.1, -0.05) is 38.5 Å². The van der Waals surface area contributed by atoms with Gasteiger partial charge in [0.05, 0.1) is 40.8 Å². The minimum atomic E-state index is -0.864. The van der Waals surface area contributed by atoms with Crippen LogP contribution in [0.25, 0.3) is 0 Å². The van der Waals surface area contributed by atoms with Crippen LogP contribution in [0.1, 0.15) is 101 Å². The van der Waals surface area contributed by atoms with Gasteiger partial charge in [0.1, 0.15) is 0 Å². The number of anilines is 1. The maximum Gasteiger partial charge on any atom is 0.230 e. The molecule has 1 saturated heterocycles. The van der Waals surface area contributed by atoms with Crippen molar-refractivity contribution < 1.29 is 20.1 Å². The van der Waals surface area contributed by atoms with Crippen molar-refractivity contribution in [3.05, 3.63) is 16.1 Å². The number of hydrogen-bond acceptors (Lipinski definition) is 8. The molecule has 2 aromatic rings. The average molecular weight is 493 g/mol. The minimum Gasteiger partial charge on any atom is -0.493 e. The first kappa shape index (κ1) is 25.3. The van der Waals surface area contributed by atoms with Crippen LogP contribution in [0, 0.1) is 0 Å². The zero-order chi connectivity index (χ0) is 24.8. The molecule has 8 nitrogen and oxygen atoms in total. The number of aromatic hydroxyl groups is 1. The zero-order valence-electron chi connectivity index (χ0n) is 21.3. The van der Waals surface area contributed by atoms with Gasteiger partial charge in [-0.2, -0.15) is 10.1 Å². The number of ether oxygens (including phenoxy) is 1. The molecule has 9 heteroatoms. The molecule has 34 heavy (non-hydrogen) atoms. The highest BCUT2D eigenvalue weighted by Gasteiger charge is 2.55. The molecule has 0 radical (unpaired) electrons. The van der Waals surface area contributed by atoms with Crippen LogP contribution in [-0.2, 0) is 5.54 Å². The molecule has 1 aliphatic heterocycles. The SMILES string of the molecule is CCCCOc1nc(N2CCCC2)sc1C1C(O)C(c2c(C(C)C)nn(C(C)(C)C)c2O)C1O. The number of unbranched alkanes of at least 4 members (excludes halogenated alkanes) is 1. The molecular formula is C25H40N4O4S. The van der Waals surface area contributed by atoms with E-state index < -0.39 is 29.6 Å². The number of hydrogen-bond donors (Lipinski definition) is 3. The maximum absolute atomic E-state index is 11.4. The summed E-state index contributed by atoms with van der Waals surface area (Å²) in [7, 11) is 0. The molecule has 3 heterocycles. The van der Waals surface area contributed by atoms with Crippen LogP contribution < -0.4 is 9.64 Å². The summed E-state index contributed by atoms with van der Waals surface area (Å²) < 4.78 is 7.63. The van der Waals surface area contributed by atoms with E-state index in [1.165, 1.54) is 11.3 Å². The van der Waals surface area contributed by atoms with Crippen LogP contribution >= 0.6 is 11.3 Å². The standard InChI is InChI=1S/C25H40N4O4S/c1-7-8-13-33-22-21(34-24(26-22)28-11-9-10-12-28)17-19(30)16(20(17)31)15-18(14(2)3)27-29(23(15)32)25(4,5)6/h14,16-17,19-20,30-32H,7-13H2,1-6H3. The lowest BCUT2D eigenvalue weighted by Gasteiger charge is -2.46. The first-order valence-corrected chi connectivity index (χ1v) is 13.4. The van der Waals surface area contributed by atoms with Gasteiger partial charge in [0.2, 0.25) is 11.8 Å². The summed E-state index contributed by atoms with van der Waals surface area (Å²) in [4.78, 5) is 7.82. The molecule has 3 N–H and O–H groups in total. The van der Waals surface area contributed by atoms with Crippen molar-refractivity contribution in [1.82, 2.24) is 14.8 Å². The normalized spacial score (nSPS) is 25.3. The molecule has 0 aromatic carbocycles. The third kappa shape index (κ3) is 4.42. The second-order valence-corrected chi connectivity index (χ2v) is 12.0. The first-order chi connectivity index (χ1) is 16.1. The molecular weight excluding hydrogens is 452 g/mol. The summed E-state index contributed by atoms with van der Waals surface area (Å²) in [5.74, 6) is -0.520. The first-order valence-electron chi connectivity index (χ1n) is 12.6. The second kappa shape index (κ2) is 9.66. The summed E-state index contributed by atoms with van der Waals surface area (Å²) in [6, 6.07) is 0. The van der Waals surface area contributed by atoms with Gasteiger partial charge < -0.3 is 25.0 Å². The largest absolute Gasteiger partial charge is 0.493 e. The van der Waals surface area contributed by atoms with E-state index in [1.807, 2.05) is 34.6 Å². The summed E-state index contributed by atoms with van der Waals surface area (Å²) >= 11 is 1.51. The Bertz CT molecular complexity index is 980. The molecule has 2 fully saturated rings. The van der Waals surface area contributed by atoms with Crippen molar-refractivity contribution in [3.8, 4) is 11.8 Å². The van der Waals surface area contributed by atoms with Gasteiger partial charge in [0.25, 0.3) is 0 Å². The molecule has 4 rings (SSSR count). The highest BCUT2D eigenvalue weighted by atomic mass is 32.1. The summed E-state index contributed by atoms with van der Waals surface area (Å²) in [5, 5.41) is 39.4. The predicted octanol–water partition coefficient (Wildman–Crippen LogP) is 4.31. The van der Waals surface area contributed by atoms with Crippen LogP contribution in [0.4, 0.5) is 5.13 Å². The Morgan fingerprint density at radius 3 is 2.32 bits per heavy atom. The van der Waals surface area contributed by atoms with Crippen molar-refractivity contribution in [3.63, 3.8) is 0 Å². The fourth-order valence-electron chi connectivity index (χ4n) is 4.99. The van der Waals surface area contributed by atoms with E-state index in [1.54, 1.807) is 4.68 Å². The number of thiazole rings is 1. The Balaban J connectivity index is 1.67.